The topological polar surface area (TPSA) is 12.0 Å². The quantitative estimate of drug-likeness (QED) is 0.839. The standard InChI is InChI=1S/C13H22BrNS/c1-9(13(2,3)4)8-10(15-5)11-6-7-12(14)16-11/h6-7,9-10,15H,8H2,1-5H3. The highest BCUT2D eigenvalue weighted by molar-refractivity contribution is 9.11. The lowest BCUT2D eigenvalue weighted by Crippen LogP contribution is -2.24. The van der Waals surface area contributed by atoms with E-state index in [9.17, 15) is 0 Å². The molecular formula is C13H22BrNS. The van der Waals surface area contributed by atoms with Crippen molar-refractivity contribution in [1.29, 1.82) is 0 Å². The molecule has 2 atom stereocenters. The van der Waals surface area contributed by atoms with Crippen LogP contribution in [0, 0.1) is 11.3 Å². The highest BCUT2D eigenvalue weighted by Crippen LogP contribution is 2.36. The fourth-order valence-electron chi connectivity index (χ4n) is 1.60. The van der Waals surface area contributed by atoms with Gasteiger partial charge in [-0.15, -0.1) is 11.3 Å². The zero-order chi connectivity index (χ0) is 12.3. The molecule has 1 N–H and O–H groups in total. The Morgan fingerprint density at radius 1 is 1.38 bits per heavy atom. The number of halogens is 1. The molecular weight excluding hydrogens is 282 g/mol. The first-order valence-electron chi connectivity index (χ1n) is 5.77. The van der Waals surface area contributed by atoms with Gasteiger partial charge in [-0.05, 0) is 52.9 Å². The summed E-state index contributed by atoms with van der Waals surface area (Å²) in [5.41, 5.74) is 0.379. The molecule has 0 aliphatic heterocycles. The van der Waals surface area contributed by atoms with Gasteiger partial charge in [-0.25, -0.2) is 0 Å². The first kappa shape index (κ1) is 14.2. The van der Waals surface area contributed by atoms with Gasteiger partial charge in [0.05, 0.1) is 3.79 Å². The maximum absolute atomic E-state index is 3.53. The van der Waals surface area contributed by atoms with Crippen molar-refractivity contribution < 1.29 is 0 Å². The van der Waals surface area contributed by atoms with Crippen LogP contribution >= 0.6 is 27.3 Å². The van der Waals surface area contributed by atoms with Crippen molar-refractivity contribution in [3.05, 3.63) is 20.8 Å². The van der Waals surface area contributed by atoms with Gasteiger partial charge in [0.25, 0.3) is 0 Å². The van der Waals surface area contributed by atoms with E-state index in [2.05, 4.69) is 61.1 Å². The molecule has 0 aliphatic carbocycles. The van der Waals surface area contributed by atoms with E-state index in [1.165, 1.54) is 15.1 Å². The fourth-order valence-corrected chi connectivity index (χ4v) is 3.15. The predicted molar refractivity (Wildman–Crippen MR) is 77.1 cm³/mol. The van der Waals surface area contributed by atoms with Gasteiger partial charge in [0, 0.05) is 10.9 Å². The molecule has 0 fully saturated rings. The first-order valence-corrected chi connectivity index (χ1v) is 7.38. The molecule has 0 aromatic carbocycles. The van der Waals surface area contributed by atoms with Gasteiger partial charge < -0.3 is 5.32 Å². The van der Waals surface area contributed by atoms with E-state index in [4.69, 9.17) is 0 Å². The molecule has 0 saturated carbocycles. The normalized spacial score (nSPS) is 16.1. The summed E-state index contributed by atoms with van der Waals surface area (Å²) in [6.07, 6.45) is 1.19. The van der Waals surface area contributed by atoms with Gasteiger partial charge in [-0.3, -0.25) is 0 Å². The smallest absolute Gasteiger partial charge is 0.0701 e. The third kappa shape index (κ3) is 3.86. The molecule has 1 rings (SSSR count). The minimum absolute atomic E-state index is 0.379. The number of rotatable bonds is 4. The van der Waals surface area contributed by atoms with Crippen LogP contribution in [0.2, 0.25) is 0 Å². The van der Waals surface area contributed by atoms with Crippen LogP contribution in [0.1, 0.15) is 45.0 Å². The molecule has 16 heavy (non-hydrogen) atoms. The number of thiophene rings is 1. The minimum Gasteiger partial charge on any atom is -0.312 e. The summed E-state index contributed by atoms with van der Waals surface area (Å²) >= 11 is 5.35. The Morgan fingerprint density at radius 2 is 2.00 bits per heavy atom. The van der Waals surface area contributed by atoms with Crippen molar-refractivity contribution >= 4 is 27.3 Å². The predicted octanol–water partition coefficient (Wildman–Crippen LogP) is 4.84. The minimum atomic E-state index is 0.379. The summed E-state index contributed by atoms with van der Waals surface area (Å²) in [4.78, 5) is 1.42. The molecule has 0 aliphatic rings. The van der Waals surface area contributed by atoms with Gasteiger partial charge in [0.1, 0.15) is 0 Å². The van der Waals surface area contributed by atoms with Crippen LogP contribution in [0.5, 0.6) is 0 Å². The van der Waals surface area contributed by atoms with Gasteiger partial charge in [-0.2, -0.15) is 0 Å². The Hall–Kier alpha value is 0.140. The lowest BCUT2D eigenvalue weighted by Gasteiger charge is -2.30. The molecule has 0 spiro atoms. The molecule has 0 saturated heterocycles. The zero-order valence-corrected chi connectivity index (χ0v) is 13.2. The second-order valence-corrected chi connectivity index (χ2v) is 7.98. The monoisotopic (exact) mass is 303 g/mol. The SMILES string of the molecule is CNC(CC(C)C(C)(C)C)c1ccc(Br)s1. The molecule has 2 unspecified atom stereocenters. The highest BCUT2D eigenvalue weighted by atomic mass is 79.9. The Labute approximate surface area is 112 Å². The second kappa shape index (κ2) is 5.65. The lowest BCUT2D eigenvalue weighted by molar-refractivity contribution is 0.227. The average Bonchev–Trinajstić information content (AvgIpc) is 2.59. The summed E-state index contributed by atoms with van der Waals surface area (Å²) in [7, 11) is 2.05. The van der Waals surface area contributed by atoms with E-state index in [0.29, 0.717) is 17.4 Å². The highest BCUT2D eigenvalue weighted by Gasteiger charge is 2.24. The lowest BCUT2D eigenvalue weighted by atomic mass is 9.78. The average molecular weight is 304 g/mol. The van der Waals surface area contributed by atoms with Crippen LogP contribution in [0.15, 0.2) is 15.9 Å². The summed E-state index contributed by atoms with van der Waals surface area (Å²) < 4.78 is 1.21. The van der Waals surface area contributed by atoms with Crippen molar-refractivity contribution in [2.75, 3.05) is 7.05 Å². The Morgan fingerprint density at radius 3 is 2.38 bits per heavy atom. The van der Waals surface area contributed by atoms with Crippen molar-refractivity contribution in [2.45, 2.75) is 40.2 Å². The maximum atomic E-state index is 3.53. The third-order valence-corrected chi connectivity index (χ3v) is 5.09. The Balaban J connectivity index is 2.70. The van der Waals surface area contributed by atoms with Gasteiger partial charge in [0.2, 0.25) is 0 Å². The molecule has 0 amide bonds. The van der Waals surface area contributed by atoms with Crippen molar-refractivity contribution in [3.63, 3.8) is 0 Å². The van der Waals surface area contributed by atoms with E-state index in [0.717, 1.165) is 0 Å². The van der Waals surface area contributed by atoms with Crippen LogP contribution in [0.25, 0.3) is 0 Å². The number of nitrogens with one attached hydrogen (secondary N) is 1. The first-order chi connectivity index (χ1) is 7.34. The van der Waals surface area contributed by atoms with Gasteiger partial charge in [0.15, 0.2) is 0 Å². The molecule has 1 aromatic rings. The zero-order valence-electron chi connectivity index (χ0n) is 10.8. The van der Waals surface area contributed by atoms with E-state index < -0.39 is 0 Å². The molecule has 1 aromatic heterocycles. The van der Waals surface area contributed by atoms with E-state index >= 15 is 0 Å². The molecule has 92 valence electrons. The summed E-state index contributed by atoms with van der Waals surface area (Å²) in [6.45, 7) is 9.28. The van der Waals surface area contributed by atoms with Crippen molar-refractivity contribution in [3.8, 4) is 0 Å². The molecule has 0 radical (unpaired) electrons. The van der Waals surface area contributed by atoms with Crippen LogP contribution in [-0.4, -0.2) is 7.05 Å². The Kier molecular flexibility index (Phi) is 5.02. The molecule has 1 heterocycles. The van der Waals surface area contributed by atoms with Crippen LogP contribution in [-0.2, 0) is 0 Å². The van der Waals surface area contributed by atoms with E-state index in [1.54, 1.807) is 0 Å². The molecule has 1 nitrogen and oxygen atoms in total. The number of hydrogen-bond donors (Lipinski definition) is 1. The van der Waals surface area contributed by atoms with E-state index in [1.807, 2.05) is 18.4 Å². The van der Waals surface area contributed by atoms with Crippen LogP contribution < -0.4 is 5.32 Å². The van der Waals surface area contributed by atoms with Gasteiger partial charge in [-0.1, -0.05) is 27.7 Å². The summed E-state index contributed by atoms with van der Waals surface area (Å²) in [6, 6.07) is 4.82. The molecule has 0 bridgehead atoms. The fraction of sp³-hybridized carbons (Fsp3) is 0.692. The summed E-state index contributed by atoms with van der Waals surface area (Å²) in [5.74, 6) is 0.700. The third-order valence-electron chi connectivity index (χ3n) is 3.35. The van der Waals surface area contributed by atoms with Crippen molar-refractivity contribution in [1.82, 2.24) is 5.32 Å². The Bertz CT molecular complexity index is 327. The number of hydrogen-bond acceptors (Lipinski definition) is 2. The van der Waals surface area contributed by atoms with E-state index in [-0.39, 0.29) is 0 Å². The van der Waals surface area contributed by atoms with Crippen molar-refractivity contribution in [2.24, 2.45) is 11.3 Å². The largest absolute Gasteiger partial charge is 0.312 e. The molecule has 3 heteroatoms. The van der Waals surface area contributed by atoms with Gasteiger partial charge >= 0.3 is 0 Å². The van der Waals surface area contributed by atoms with Crippen LogP contribution in [0.4, 0.5) is 0 Å². The summed E-state index contributed by atoms with van der Waals surface area (Å²) in [5, 5.41) is 3.42. The maximum Gasteiger partial charge on any atom is 0.0701 e. The van der Waals surface area contributed by atoms with Crippen LogP contribution in [0.3, 0.4) is 0 Å². The second-order valence-electron chi connectivity index (χ2n) is 5.49.